The summed E-state index contributed by atoms with van der Waals surface area (Å²) in [6.07, 6.45) is 0. The van der Waals surface area contributed by atoms with Gasteiger partial charge in [-0.25, -0.2) is 0 Å². The van der Waals surface area contributed by atoms with Crippen LogP contribution in [0.4, 0.5) is 0 Å². The van der Waals surface area contributed by atoms with Crippen LogP contribution in [0.15, 0.2) is 48.5 Å². The van der Waals surface area contributed by atoms with Gasteiger partial charge in [0.1, 0.15) is 0 Å². The Bertz CT molecular complexity index is 1390. The van der Waals surface area contributed by atoms with Crippen molar-refractivity contribution in [3.05, 3.63) is 81.9 Å². The predicted octanol–water partition coefficient (Wildman–Crippen LogP) is 3.67. The molecule has 33 heavy (non-hydrogen) atoms. The standard InChI is InChI=1S/2C13H15OSi.Cr.2O/c2*1-8-9(2)11-6-4-5-7-12(11)13(15-14)10(8)3;;;/h2*4-7H,15H2,1-3H3;;;/q2*-1;+2;;. The van der Waals surface area contributed by atoms with E-state index in [2.05, 4.69) is 65.8 Å². The van der Waals surface area contributed by atoms with Crippen LogP contribution in [0, 0.1) is 41.5 Å². The fraction of sp³-hybridized carbons (Fsp3) is 0.231. The molecular weight excluding hydrogens is 484 g/mol. The fourth-order valence-corrected chi connectivity index (χ4v) is 10.7. The fourth-order valence-electron chi connectivity index (χ4n) is 4.64. The van der Waals surface area contributed by atoms with Gasteiger partial charge in [-0.05, 0) is 0 Å². The van der Waals surface area contributed by atoms with Crippen molar-refractivity contribution in [2.24, 2.45) is 0 Å². The van der Waals surface area contributed by atoms with E-state index < -0.39 is 33.1 Å². The van der Waals surface area contributed by atoms with Crippen LogP contribution < -0.4 is 10.4 Å². The summed E-state index contributed by atoms with van der Waals surface area (Å²) in [5.41, 5.74) is 7.10. The van der Waals surface area contributed by atoms with Gasteiger partial charge in [-0.2, -0.15) is 0 Å². The second-order valence-corrected chi connectivity index (χ2v) is 14.7. The Labute approximate surface area is 202 Å². The maximum absolute atomic E-state index is 12.9. The van der Waals surface area contributed by atoms with Crippen LogP contribution in [0.5, 0.6) is 0 Å². The summed E-state index contributed by atoms with van der Waals surface area (Å²) < 4.78 is 37.0. The van der Waals surface area contributed by atoms with E-state index in [4.69, 9.17) is 6.96 Å². The van der Waals surface area contributed by atoms with Crippen molar-refractivity contribution >= 4 is 51.4 Å². The molecular formula is C26H30CrO4Si2. The van der Waals surface area contributed by atoms with Crippen LogP contribution >= 0.6 is 0 Å². The van der Waals surface area contributed by atoms with Crippen molar-refractivity contribution < 1.29 is 28.2 Å². The van der Waals surface area contributed by atoms with Crippen molar-refractivity contribution in [2.75, 3.05) is 0 Å². The number of hydrogen-bond acceptors (Lipinski definition) is 4. The van der Waals surface area contributed by atoms with Gasteiger partial charge in [0.25, 0.3) is 0 Å². The summed E-state index contributed by atoms with van der Waals surface area (Å²) >= 11 is -4.93. The molecule has 0 bridgehead atoms. The van der Waals surface area contributed by atoms with E-state index in [9.17, 15) is 7.61 Å². The molecule has 4 aromatic carbocycles. The second kappa shape index (κ2) is 9.26. The van der Waals surface area contributed by atoms with Crippen molar-refractivity contribution in [3.8, 4) is 0 Å². The molecule has 0 radical (unpaired) electrons. The SMILES string of the molecule is Cc1c(C)c([SiH2][O][Cr](=[O])(=[O])[O][SiH2]c2c(C)c(C)c(C)c3ccccc23)c2ccccc2c1C. The van der Waals surface area contributed by atoms with Gasteiger partial charge in [-0.1, -0.05) is 0 Å². The Balaban J connectivity index is 1.61. The Morgan fingerprint density at radius 1 is 0.515 bits per heavy atom. The zero-order valence-corrected chi connectivity index (χ0v) is 24.2. The second-order valence-electron chi connectivity index (χ2n) is 8.73. The molecule has 0 aliphatic rings. The summed E-state index contributed by atoms with van der Waals surface area (Å²) in [6, 6.07) is 16.3. The minimum absolute atomic E-state index is 1.04. The molecule has 0 unspecified atom stereocenters. The van der Waals surface area contributed by atoms with Crippen LogP contribution in [-0.4, -0.2) is 19.5 Å². The Hall–Kier alpha value is -2.11. The zero-order valence-electron chi connectivity index (χ0n) is 20.1. The molecule has 0 fully saturated rings. The predicted molar refractivity (Wildman–Crippen MR) is 136 cm³/mol. The van der Waals surface area contributed by atoms with E-state index in [1.807, 2.05) is 24.3 Å². The number of fused-ring (bicyclic) bond motifs is 2. The molecule has 0 heterocycles. The van der Waals surface area contributed by atoms with Gasteiger partial charge in [0, 0.05) is 0 Å². The minimum atomic E-state index is -4.93. The van der Waals surface area contributed by atoms with Crippen molar-refractivity contribution in [1.82, 2.24) is 0 Å². The number of aryl methyl sites for hydroxylation is 2. The van der Waals surface area contributed by atoms with Crippen molar-refractivity contribution in [3.63, 3.8) is 0 Å². The molecule has 0 amide bonds. The van der Waals surface area contributed by atoms with Gasteiger partial charge in [0.05, 0.1) is 0 Å². The molecule has 0 atom stereocenters. The van der Waals surface area contributed by atoms with Crippen LogP contribution in [0.3, 0.4) is 0 Å². The monoisotopic (exact) mass is 514 g/mol. The third kappa shape index (κ3) is 4.50. The van der Waals surface area contributed by atoms with E-state index >= 15 is 0 Å². The Kier molecular flexibility index (Phi) is 6.74. The molecule has 0 saturated carbocycles. The summed E-state index contributed by atoms with van der Waals surface area (Å²) in [5.74, 6) is 0. The van der Waals surface area contributed by atoms with Crippen LogP contribution in [0.2, 0.25) is 0 Å². The third-order valence-electron chi connectivity index (χ3n) is 7.16. The van der Waals surface area contributed by atoms with Crippen molar-refractivity contribution in [1.29, 1.82) is 0 Å². The molecule has 0 saturated heterocycles. The summed E-state index contributed by atoms with van der Waals surface area (Å²) in [6.45, 7) is 12.5. The average molecular weight is 515 g/mol. The van der Waals surface area contributed by atoms with E-state index in [0.717, 1.165) is 43.0 Å². The van der Waals surface area contributed by atoms with E-state index in [0.29, 0.717) is 0 Å². The first kappa shape index (κ1) is 24.0. The molecule has 0 N–H and O–H groups in total. The Morgan fingerprint density at radius 2 is 0.848 bits per heavy atom. The Morgan fingerprint density at radius 3 is 1.21 bits per heavy atom. The van der Waals surface area contributed by atoms with Gasteiger partial charge in [-0.15, -0.1) is 0 Å². The quantitative estimate of drug-likeness (QED) is 0.369. The van der Waals surface area contributed by atoms with Gasteiger partial charge in [0.15, 0.2) is 0 Å². The first-order chi connectivity index (χ1) is 15.6. The van der Waals surface area contributed by atoms with Crippen LogP contribution in [-0.2, 0) is 28.2 Å². The first-order valence-corrected chi connectivity index (χ1v) is 15.8. The molecule has 0 aliphatic carbocycles. The molecule has 4 nitrogen and oxygen atoms in total. The van der Waals surface area contributed by atoms with Crippen LogP contribution in [0.1, 0.15) is 33.4 Å². The normalized spacial score (nSPS) is 12.8. The van der Waals surface area contributed by atoms with Gasteiger partial charge < -0.3 is 0 Å². The van der Waals surface area contributed by atoms with E-state index in [1.54, 1.807) is 0 Å². The van der Waals surface area contributed by atoms with E-state index in [1.165, 1.54) is 22.3 Å². The van der Waals surface area contributed by atoms with Crippen molar-refractivity contribution in [2.45, 2.75) is 41.5 Å². The zero-order chi connectivity index (χ0) is 23.9. The number of hydrogen-bond donors (Lipinski definition) is 0. The molecule has 4 aromatic rings. The number of rotatable bonds is 6. The van der Waals surface area contributed by atoms with E-state index in [-0.39, 0.29) is 0 Å². The maximum atomic E-state index is 12.9. The molecule has 0 spiro atoms. The van der Waals surface area contributed by atoms with Crippen LogP contribution in [0.25, 0.3) is 21.5 Å². The number of benzene rings is 4. The molecule has 0 aliphatic heterocycles. The third-order valence-corrected chi connectivity index (χ3v) is 14.2. The summed E-state index contributed by atoms with van der Waals surface area (Å²) in [5, 5.41) is 6.58. The average Bonchev–Trinajstić information content (AvgIpc) is 2.81. The molecule has 7 heteroatoms. The van der Waals surface area contributed by atoms with Gasteiger partial charge in [-0.3, -0.25) is 0 Å². The first-order valence-electron chi connectivity index (χ1n) is 11.1. The molecule has 172 valence electrons. The molecule has 0 aromatic heterocycles. The van der Waals surface area contributed by atoms with Gasteiger partial charge in [0.2, 0.25) is 0 Å². The van der Waals surface area contributed by atoms with Gasteiger partial charge >= 0.3 is 203 Å². The summed E-state index contributed by atoms with van der Waals surface area (Å²) in [7, 11) is -3.05. The summed E-state index contributed by atoms with van der Waals surface area (Å²) in [4.78, 5) is 0. The topological polar surface area (TPSA) is 52.6 Å². The molecule has 4 rings (SSSR count).